The molecule has 1 atom stereocenters. The highest BCUT2D eigenvalue weighted by Gasteiger charge is 2.09. The van der Waals surface area contributed by atoms with E-state index in [0.29, 0.717) is 11.3 Å². The van der Waals surface area contributed by atoms with Crippen LogP contribution in [-0.2, 0) is 21.6 Å². The number of hydrogen-bond donors (Lipinski definition) is 0. The van der Waals surface area contributed by atoms with E-state index in [9.17, 15) is 13.6 Å². The van der Waals surface area contributed by atoms with Gasteiger partial charge in [0.15, 0.2) is 0 Å². The molecule has 0 amide bonds. The molecule has 0 heterocycles. The maximum Gasteiger partial charge on any atom is 0.313 e. The van der Waals surface area contributed by atoms with Gasteiger partial charge in [0.2, 0.25) is 0 Å². The molecule has 16 heavy (non-hydrogen) atoms. The second kappa shape index (κ2) is 5.77. The lowest BCUT2D eigenvalue weighted by atomic mass is 10.2. The molecule has 0 bridgehead atoms. The van der Waals surface area contributed by atoms with Gasteiger partial charge in [0.1, 0.15) is 5.75 Å². The van der Waals surface area contributed by atoms with E-state index in [1.54, 1.807) is 38.1 Å². The molecule has 0 saturated carbocycles. The molecule has 88 valence electrons. The average Bonchev–Trinajstić information content (AvgIpc) is 2.20. The van der Waals surface area contributed by atoms with Gasteiger partial charge in [-0.15, -0.1) is 0 Å². The number of carbonyl (C=O) groups is 1. The van der Waals surface area contributed by atoms with Gasteiger partial charge in [-0.3, -0.25) is 9.00 Å². The molecule has 4 nitrogen and oxygen atoms in total. The van der Waals surface area contributed by atoms with Crippen LogP contribution in [-0.4, -0.2) is 14.7 Å². The fourth-order valence-corrected chi connectivity index (χ4v) is 1.49. The summed E-state index contributed by atoms with van der Waals surface area (Å²) in [6, 6.07) is 6.42. The molecule has 0 radical (unpaired) electrons. The highest BCUT2D eigenvalue weighted by molar-refractivity contribution is 7.78. The largest absolute Gasteiger partial charge is 0.772 e. The van der Waals surface area contributed by atoms with E-state index < -0.39 is 11.1 Å². The maximum atomic E-state index is 11.3. The summed E-state index contributed by atoms with van der Waals surface area (Å²) in [5, 5.41) is 0. The Balaban J connectivity index is 2.64. The van der Waals surface area contributed by atoms with Crippen LogP contribution in [0.15, 0.2) is 24.3 Å². The molecular weight excluding hydrogens is 228 g/mol. The third-order valence-corrected chi connectivity index (χ3v) is 2.47. The van der Waals surface area contributed by atoms with Crippen LogP contribution >= 0.6 is 0 Å². The summed E-state index contributed by atoms with van der Waals surface area (Å²) in [5.41, 5.74) is 0.665. The summed E-state index contributed by atoms with van der Waals surface area (Å²) in [5.74, 6) is -0.0913. The molecular formula is C11H13O4S-. The van der Waals surface area contributed by atoms with Crippen molar-refractivity contribution in [3.63, 3.8) is 0 Å². The van der Waals surface area contributed by atoms with Gasteiger partial charge < -0.3 is 9.29 Å². The van der Waals surface area contributed by atoms with Gasteiger partial charge in [-0.1, -0.05) is 37.1 Å². The van der Waals surface area contributed by atoms with Gasteiger partial charge in [0, 0.05) is 5.75 Å². The van der Waals surface area contributed by atoms with E-state index in [2.05, 4.69) is 0 Å². The average molecular weight is 241 g/mol. The van der Waals surface area contributed by atoms with Crippen molar-refractivity contribution in [3.05, 3.63) is 29.8 Å². The topological polar surface area (TPSA) is 66.4 Å². The second-order valence-electron chi connectivity index (χ2n) is 3.67. The van der Waals surface area contributed by atoms with Crippen molar-refractivity contribution in [1.82, 2.24) is 0 Å². The van der Waals surface area contributed by atoms with E-state index in [-0.39, 0.29) is 17.6 Å². The first kappa shape index (κ1) is 12.9. The molecule has 1 aromatic carbocycles. The maximum absolute atomic E-state index is 11.3. The van der Waals surface area contributed by atoms with Crippen molar-refractivity contribution < 1.29 is 18.3 Å². The van der Waals surface area contributed by atoms with E-state index in [1.807, 2.05) is 0 Å². The molecule has 0 aliphatic rings. The van der Waals surface area contributed by atoms with Gasteiger partial charge >= 0.3 is 5.97 Å². The normalized spacial score (nSPS) is 12.5. The molecule has 0 aliphatic carbocycles. The molecule has 1 unspecified atom stereocenters. The predicted molar refractivity (Wildman–Crippen MR) is 59.5 cm³/mol. The van der Waals surface area contributed by atoms with Crippen molar-refractivity contribution >= 4 is 17.0 Å². The minimum absolute atomic E-state index is 0.0294. The Bertz CT molecular complexity index is 383. The first-order chi connectivity index (χ1) is 7.49. The first-order valence-electron chi connectivity index (χ1n) is 4.85. The van der Waals surface area contributed by atoms with Gasteiger partial charge in [-0.25, -0.2) is 0 Å². The third-order valence-electron chi connectivity index (χ3n) is 1.90. The highest BCUT2D eigenvalue weighted by Crippen LogP contribution is 2.14. The van der Waals surface area contributed by atoms with Crippen LogP contribution < -0.4 is 4.74 Å². The number of rotatable bonds is 4. The number of esters is 1. The van der Waals surface area contributed by atoms with Gasteiger partial charge in [0.25, 0.3) is 0 Å². The van der Waals surface area contributed by atoms with Gasteiger partial charge in [-0.05, 0) is 17.7 Å². The number of hydrogen-bond acceptors (Lipinski definition) is 4. The number of carbonyl (C=O) groups excluding carboxylic acids is 1. The summed E-state index contributed by atoms with van der Waals surface area (Å²) in [4.78, 5) is 11.3. The monoisotopic (exact) mass is 241 g/mol. The summed E-state index contributed by atoms with van der Waals surface area (Å²) in [6.45, 7) is 3.49. The van der Waals surface area contributed by atoms with Crippen LogP contribution in [0.1, 0.15) is 19.4 Å². The van der Waals surface area contributed by atoms with E-state index in [4.69, 9.17) is 4.74 Å². The summed E-state index contributed by atoms with van der Waals surface area (Å²) >= 11 is -2.10. The van der Waals surface area contributed by atoms with Crippen LogP contribution in [0.2, 0.25) is 0 Å². The predicted octanol–water partition coefficient (Wildman–Crippen LogP) is 1.63. The van der Waals surface area contributed by atoms with E-state index >= 15 is 0 Å². The Hall–Kier alpha value is -1.20. The molecule has 1 aromatic rings. The summed E-state index contributed by atoms with van der Waals surface area (Å²) in [6.07, 6.45) is 0. The minimum atomic E-state index is -2.10. The quantitative estimate of drug-likeness (QED) is 0.456. The zero-order valence-corrected chi connectivity index (χ0v) is 9.95. The summed E-state index contributed by atoms with van der Waals surface area (Å²) < 4.78 is 25.9. The van der Waals surface area contributed by atoms with E-state index in [1.165, 1.54) is 0 Å². The lowest BCUT2D eigenvalue weighted by Gasteiger charge is -2.08. The smallest absolute Gasteiger partial charge is 0.313 e. The lowest BCUT2D eigenvalue weighted by Crippen LogP contribution is -2.14. The molecule has 0 spiro atoms. The van der Waals surface area contributed by atoms with Crippen LogP contribution in [0.3, 0.4) is 0 Å². The number of ether oxygens (including phenoxy) is 1. The third kappa shape index (κ3) is 4.12. The van der Waals surface area contributed by atoms with Gasteiger partial charge in [-0.2, -0.15) is 0 Å². The van der Waals surface area contributed by atoms with Gasteiger partial charge in [0.05, 0.1) is 5.92 Å². The molecule has 0 aliphatic heterocycles. The zero-order chi connectivity index (χ0) is 12.1. The zero-order valence-electron chi connectivity index (χ0n) is 9.14. The van der Waals surface area contributed by atoms with Crippen molar-refractivity contribution in [1.29, 1.82) is 0 Å². The molecule has 5 heteroatoms. The van der Waals surface area contributed by atoms with E-state index in [0.717, 1.165) is 0 Å². The van der Waals surface area contributed by atoms with Crippen LogP contribution in [0.25, 0.3) is 0 Å². The van der Waals surface area contributed by atoms with Crippen molar-refractivity contribution in [2.24, 2.45) is 5.92 Å². The Kier molecular flexibility index (Phi) is 4.64. The Morgan fingerprint density at radius 3 is 2.38 bits per heavy atom. The standard InChI is InChI=1S/C11H14O4S/c1-8(2)11(12)15-10-5-3-9(4-6-10)7-16(13)14/h3-6,8H,7H2,1-2H3,(H,13,14)/p-1. The van der Waals surface area contributed by atoms with Crippen LogP contribution in [0, 0.1) is 5.92 Å². The Morgan fingerprint density at radius 1 is 1.38 bits per heavy atom. The molecule has 1 rings (SSSR count). The second-order valence-corrected chi connectivity index (χ2v) is 4.56. The Morgan fingerprint density at radius 2 is 1.94 bits per heavy atom. The molecule has 0 N–H and O–H groups in total. The minimum Gasteiger partial charge on any atom is -0.772 e. The fourth-order valence-electron chi connectivity index (χ4n) is 1.02. The first-order valence-corrected chi connectivity index (χ1v) is 6.10. The Labute approximate surface area is 96.9 Å². The highest BCUT2D eigenvalue weighted by atomic mass is 32.2. The molecule has 0 fully saturated rings. The molecule has 0 saturated heterocycles. The number of benzene rings is 1. The SMILES string of the molecule is CC(C)C(=O)Oc1ccc(CS(=O)[O-])cc1. The molecule has 0 aromatic heterocycles. The summed E-state index contributed by atoms with van der Waals surface area (Å²) in [7, 11) is 0. The van der Waals surface area contributed by atoms with Crippen molar-refractivity contribution in [2.45, 2.75) is 19.6 Å². The van der Waals surface area contributed by atoms with Crippen molar-refractivity contribution in [2.75, 3.05) is 0 Å². The van der Waals surface area contributed by atoms with Crippen LogP contribution in [0.5, 0.6) is 5.75 Å². The van der Waals surface area contributed by atoms with Crippen LogP contribution in [0.4, 0.5) is 0 Å². The van der Waals surface area contributed by atoms with Crippen molar-refractivity contribution in [3.8, 4) is 5.75 Å². The fraction of sp³-hybridized carbons (Fsp3) is 0.364. The lowest BCUT2D eigenvalue weighted by molar-refractivity contribution is -0.137.